The Morgan fingerprint density at radius 2 is 2.11 bits per heavy atom. The lowest BCUT2D eigenvalue weighted by Crippen LogP contribution is -2.32. The van der Waals surface area contributed by atoms with Gasteiger partial charge in [-0.1, -0.05) is 17.7 Å². The summed E-state index contributed by atoms with van der Waals surface area (Å²) in [4.78, 5) is 10.6. The van der Waals surface area contributed by atoms with Gasteiger partial charge in [0, 0.05) is 31.2 Å². The molecule has 0 saturated carbocycles. The van der Waals surface area contributed by atoms with E-state index < -0.39 is 9.84 Å². The summed E-state index contributed by atoms with van der Waals surface area (Å²) in [6.45, 7) is 3.49. The second-order valence-corrected chi connectivity index (χ2v) is 9.00. The highest BCUT2D eigenvalue weighted by Crippen LogP contribution is 2.40. The summed E-state index contributed by atoms with van der Waals surface area (Å²) >= 11 is 6.59. The first kappa shape index (κ1) is 20.6. The molecule has 0 amide bonds. The van der Waals surface area contributed by atoms with Crippen LogP contribution in [0, 0.1) is 6.92 Å². The fraction of sp³-hybridized carbons (Fsp3) is 0.444. The van der Waals surface area contributed by atoms with Crippen LogP contribution in [0.4, 0.5) is 11.8 Å². The third-order valence-corrected chi connectivity index (χ3v) is 6.06. The number of benzene rings is 1. The van der Waals surface area contributed by atoms with E-state index in [1.54, 1.807) is 6.07 Å². The van der Waals surface area contributed by atoms with E-state index in [2.05, 4.69) is 14.9 Å². The maximum Gasteiger partial charge on any atom is 0.222 e. The van der Waals surface area contributed by atoms with Gasteiger partial charge in [-0.2, -0.15) is 4.98 Å². The fourth-order valence-corrected chi connectivity index (χ4v) is 4.59. The smallest absolute Gasteiger partial charge is 0.222 e. The number of anilines is 2. The Balaban J connectivity index is 2.13. The van der Waals surface area contributed by atoms with Crippen molar-refractivity contribution in [1.29, 1.82) is 0 Å². The number of nitrogen functional groups attached to an aromatic ring is 1. The van der Waals surface area contributed by atoms with Gasteiger partial charge in [0.1, 0.15) is 10.7 Å². The van der Waals surface area contributed by atoms with Crippen LogP contribution in [0.25, 0.3) is 0 Å². The van der Waals surface area contributed by atoms with Crippen molar-refractivity contribution in [2.24, 2.45) is 0 Å². The van der Waals surface area contributed by atoms with Gasteiger partial charge in [-0.05, 0) is 25.0 Å². The molecule has 1 saturated heterocycles. The minimum atomic E-state index is -3.49. The van der Waals surface area contributed by atoms with Crippen LogP contribution in [-0.2, 0) is 14.6 Å². The van der Waals surface area contributed by atoms with Crippen molar-refractivity contribution in [1.82, 2.24) is 9.97 Å². The quantitative estimate of drug-likeness (QED) is 0.793. The summed E-state index contributed by atoms with van der Waals surface area (Å²) in [7, 11) is -2.09. The molecule has 10 heteroatoms. The summed E-state index contributed by atoms with van der Waals surface area (Å²) in [6.07, 6.45) is 1.92. The zero-order valence-electron chi connectivity index (χ0n) is 16.0. The van der Waals surface area contributed by atoms with Crippen LogP contribution in [0.3, 0.4) is 0 Å². The molecular weight excluding hydrogens is 404 g/mol. The molecule has 1 aromatic carbocycles. The Morgan fingerprint density at radius 1 is 1.36 bits per heavy atom. The van der Waals surface area contributed by atoms with Gasteiger partial charge in [0.25, 0.3) is 0 Å². The Kier molecular flexibility index (Phi) is 5.97. The van der Waals surface area contributed by atoms with Crippen LogP contribution in [0.1, 0.15) is 23.7 Å². The van der Waals surface area contributed by atoms with Gasteiger partial charge in [0.2, 0.25) is 5.95 Å². The Labute approximate surface area is 169 Å². The monoisotopic (exact) mass is 426 g/mol. The van der Waals surface area contributed by atoms with Crippen molar-refractivity contribution in [3.05, 3.63) is 34.5 Å². The largest absolute Gasteiger partial charge is 0.494 e. The average Bonchev–Trinajstić information content (AvgIpc) is 2.85. The summed E-state index contributed by atoms with van der Waals surface area (Å²) in [5.74, 6) is 0.988. The maximum atomic E-state index is 12.1. The fourth-order valence-electron chi connectivity index (χ4n) is 3.32. The Bertz CT molecular complexity index is 964. The Morgan fingerprint density at radius 3 is 2.75 bits per heavy atom. The van der Waals surface area contributed by atoms with Gasteiger partial charge >= 0.3 is 0 Å². The third kappa shape index (κ3) is 4.16. The molecule has 8 nitrogen and oxygen atoms in total. The summed E-state index contributed by atoms with van der Waals surface area (Å²) < 4.78 is 35.2. The number of aryl methyl sites for hydroxylation is 1. The highest BCUT2D eigenvalue weighted by atomic mass is 35.5. The molecule has 0 bridgehead atoms. The van der Waals surface area contributed by atoms with Crippen molar-refractivity contribution in [3.63, 3.8) is 0 Å². The van der Waals surface area contributed by atoms with Gasteiger partial charge in [-0.15, -0.1) is 0 Å². The summed E-state index contributed by atoms with van der Waals surface area (Å²) in [5, 5.41) is 0.240. The first-order valence-corrected chi connectivity index (χ1v) is 11.0. The zero-order valence-corrected chi connectivity index (χ0v) is 17.5. The molecule has 0 spiro atoms. The molecule has 2 heterocycles. The molecule has 0 aliphatic carbocycles. The van der Waals surface area contributed by atoms with Gasteiger partial charge in [0.15, 0.2) is 15.6 Å². The van der Waals surface area contributed by atoms with Gasteiger partial charge in [-0.3, -0.25) is 0 Å². The standard InChI is InChI=1S/C18H23ClN4O4S/c1-11-9-15(22-18(20)21-11)23-7-4-8-27-10-13(23)12-5-6-14(28(3,24)25)17(26-2)16(12)19/h5-6,9,13H,4,7-8,10H2,1-3H3,(H2,20,21,22). The predicted molar refractivity (Wildman–Crippen MR) is 108 cm³/mol. The molecule has 2 aromatic rings. The van der Waals surface area contributed by atoms with E-state index >= 15 is 0 Å². The number of halogens is 1. The number of nitrogens with two attached hydrogens (primary N) is 1. The molecular formula is C18H23ClN4O4S. The van der Waals surface area contributed by atoms with E-state index in [-0.39, 0.29) is 27.7 Å². The molecule has 1 atom stereocenters. The second kappa shape index (κ2) is 8.10. The molecule has 2 N–H and O–H groups in total. The molecule has 3 rings (SSSR count). The number of aromatic nitrogens is 2. The molecule has 1 fully saturated rings. The van der Waals surface area contributed by atoms with E-state index in [9.17, 15) is 8.42 Å². The van der Waals surface area contributed by atoms with Gasteiger partial charge in [-0.25, -0.2) is 13.4 Å². The van der Waals surface area contributed by atoms with Crippen molar-refractivity contribution < 1.29 is 17.9 Å². The first-order valence-electron chi connectivity index (χ1n) is 8.74. The van der Waals surface area contributed by atoms with E-state index in [1.807, 2.05) is 13.0 Å². The van der Waals surface area contributed by atoms with Crippen LogP contribution in [-0.4, -0.2) is 51.5 Å². The molecule has 152 valence electrons. The van der Waals surface area contributed by atoms with Crippen molar-refractivity contribution in [2.45, 2.75) is 24.3 Å². The minimum Gasteiger partial charge on any atom is -0.494 e. The van der Waals surface area contributed by atoms with Crippen molar-refractivity contribution in [2.75, 3.05) is 43.8 Å². The van der Waals surface area contributed by atoms with Crippen LogP contribution in [0.5, 0.6) is 5.75 Å². The first-order chi connectivity index (χ1) is 13.2. The highest BCUT2D eigenvalue weighted by Gasteiger charge is 2.30. The van der Waals surface area contributed by atoms with Crippen LogP contribution in [0.15, 0.2) is 23.1 Å². The number of methoxy groups -OCH3 is 1. The molecule has 1 aliphatic rings. The zero-order chi connectivity index (χ0) is 20.5. The van der Waals surface area contributed by atoms with E-state index in [1.165, 1.54) is 13.2 Å². The molecule has 1 unspecified atom stereocenters. The van der Waals surface area contributed by atoms with E-state index in [0.29, 0.717) is 31.1 Å². The molecule has 1 aromatic heterocycles. The third-order valence-electron chi connectivity index (χ3n) is 4.55. The number of nitrogens with zero attached hydrogens (tertiary/aromatic N) is 3. The number of hydrogen-bond donors (Lipinski definition) is 1. The lowest BCUT2D eigenvalue weighted by atomic mass is 10.0. The maximum absolute atomic E-state index is 12.1. The molecule has 1 aliphatic heterocycles. The minimum absolute atomic E-state index is 0.0481. The number of hydrogen-bond acceptors (Lipinski definition) is 8. The van der Waals surface area contributed by atoms with Gasteiger partial charge in [0.05, 0.1) is 24.8 Å². The average molecular weight is 427 g/mol. The lowest BCUT2D eigenvalue weighted by molar-refractivity contribution is 0.134. The number of sulfone groups is 1. The van der Waals surface area contributed by atoms with E-state index in [0.717, 1.165) is 18.4 Å². The van der Waals surface area contributed by atoms with Crippen LogP contribution < -0.4 is 15.4 Å². The second-order valence-electron chi connectivity index (χ2n) is 6.64. The predicted octanol–water partition coefficient (Wildman–Crippen LogP) is 2.40. The normalized spacial score (nSPS) is 18.0. The SMILES string of the molecule is COc1c(S(C)(=O)=O)ccc(C2COCCCN2c2cc(C)nc(N)n2)c1Cl. The number of rotatable bonds is 4. The highest BCUT2D eigenvalue weighted by molar-refractivity contribution is 7.90. The van der Waals surface area contributed by atoms with Crippen molar-refractivity contribution >= 4 is 33.2 Å². The van der Waals surface area contributed by atoms with E-state index in [4.69, 9.17) is 26.8 Å². The lowest BCUT2D eigenvalue weighted by Gasteiger charge is -2.32. The van der Waals surface area contributed by atoms with Crippen LogP contribution in [0.2, 0.25) is 5.02 Å². The summed E-state index contributed by atoms with van der Waals surface area (Å²) in [5.41, 5.74) is 7.29. The van der Waals surface area contributed by atoms with Crippen LogP contribution >= 0.6 is 11.6 Å². The van der Waals surface area contributed by atoms with Crippen molar-refractivity contribution in [3.8, 4) is 5.75 Å². The van der Waals surface area contributed by atoms with Gasteiger partial charge < -0.3 is 20.1 Å². The Hall–Kier alpha value is -2.10. The number of ether oxygens (including phenoxy) is 2. The molecule has 28 heavy (non-hydrogen) atoms. The topological polar surface area (TPSA) is 108 Å². The summed E-state index contributed by atoms with van der Waals surface area (Å²) in [6, 6.07) is 4.78. The molecule has 0 radical (unpaired) electrons.